The Balaban J connectivity index is 2.48. The lowest BCUT2D eigenvalue weighted by molar-refractivity contribution is 0.379. The molecule has 0 radical (unpaired) electrons. The molecule has 1 N–H and O–H groups in total. The van der Waals surface area contributed by atoms with Crippen LogP contribution in [0.5, 0.6) is 0 Å². The second kappa shape index (κ2) is 5.13. The maximum Gasteiger partial charge on any atom is 0.0205 e. The molecule has 0 saturated carbocycles. The van der Waals surface area contributed by atoms with Crippen LogP contribution < -0.4 is 5.32 Å². The Bertz CT molecular complexity index is 326. The fourth-order valence-electron chi connectivity index (χ4n) is 1.40. The molecule has 2 heteroatoms. The fraction of sp³-hybridized carbons (Fsp3) is 0.538. The molecule has 0 saturated heterocycles. The Kier molecular flexibility index (Phi) is 4.35. The molecule has 0 heterocycles. The Labute approximate surface area is 101 Å². The zero-order valence-corrected chi connectivity index (χ0v) is 11.6. The molecule has 0 amide bonds. The maximum atomic E-state index is 3.51. The standard InChI is InChI=1S/C13H20BrN/c1-10-7-11(5-6-12(10)14)8-15-9-13(2,3)4/h5-7,15H,8-9H2,1-4H3. The van der Waals surface area contributed by atoms with Crippen molar-refractivity contribution < 1.29 is 0 Å². The summed E-state index contributed by atoms with van der Waals surface area (Å²) in [7, 11) is 0. The van der Waals surface area contributed by atoms with Crippen LogP contribution in [0, 0.1) is 12.3 Å². The van der Waals surface area contributed by atoms with Crippen LogP contribution in [0.2, 0.25) is 0 Å². The monoisotopic (exact) mass is 269 g/mol. The normalized spacial score (nSPS) is 11.8. The largest absolute Gasteiger partial charge is 0.312 e. The molecule has 1 aromatic carbocycles. The topological polar surface area (TPSA) is 12.0 Å². The van der Waals surface area contributed by atoms with E-state index in [2.05, 4.69) is 67.1 Å². The summed E-state index contributed by atoms with van der Waals surface area (Å²) < 4.78 is 1.18. The Morgan fingerprint density at radius 1 is 1.27 bits per heavy atom. The molecule has 15 heavy (non-hydrogen) atoms. The van der Waals surface area contributed by atoms with Gasteiger partial charge in [-0.3, -0.25) is 0 Å². The lowest BCUT2D eigenvalue weighted by atomic mass is 9.97. The van der Waals surface area contributed by atoms with Crippen molar-refractivity contribution >= 4 is 15.9 Å². The Morgan fingerprint density at radius 3 is 2.47 bits per heavy atom. The van der Waals surface area contributed by atoms with Crippen LogP contribution >= 0.6 is 15.9 Å². The highest BCUT2D eigenvalue weighted by Crippen LogP contribution is 2.17. The second-order valence-electron chi connectivity index (χ2n) is 5.25. The average molecular weight is 270 g/mol. The summed E-state index contributed by atoms with van der Waals surface area (Å²) in [6.07, 6.45) is 0. The van der Waals surface area contributed by atoms with Gasteiger partial charge in [-0.1, -0.05) is 48.8 Å². The molecule has 0 atom stereocenters. The summed E-state index contributed by atoms with van der Waals surface area (Å²) in [5.41, 5.74) is 3.00. The first-order chi connectivity index (χ1) is 6.88. The highest BCUT2D eigenvalue weighted by atomic mass is 79.9. The second-order valence-corrected chi connectivity index (χ2v) is 6.10. The highest BCUT2D eigenvalue weighted by Gasteiger charge is 2.08. The van der Waals surface area contributed by atoms with Gasteiger partial charge in [0.1, 0.15) is 0 Å². The summed E-state index contributed by atoms with van der Waals surface area (Å²) in [6, 6.07) is 6.50. The quantitative estimate of drug-likeness (QED) is 0.878. The van der Waals surface area contributed by atoms with E-state index in [9.17, 15) is 0 Å². The van der Waals surface area contributed by atoms with Crippen molar-refractivity contribution in [1.29, 1.82) is 0 Å². The first-order valence-corrected chi connectivity index (χ1v) is 6.13. The zero-order chi connectivity index (χ0) is 11.5. The van der Waals surface area contributed by atoms with Crippen LogP contribution in [0.25, 0.3) is 0 Å². The molecule has 0 fully saturated rings. The van der Waals surface area contributed by atoms with Crippen molar-refractivity contribution in [3.8, 4) is 0 Å². The van der Waals surface area contributed by atoms with E-state index in [1.165, 1.54) is 15.6 Å². The van der Waals surface area contributed by atoms with Gasteiger partial charge in [-0.25, -0.2) is 0 Å². The van der Waals surface area contributed by atoms with Crippen molar-refractivity contribution in [2.45, 2.75) is 34.2 Å². The van der Waals surface area contributed by atoms with E-state index in [0.29, 0.717) is 5.41 Å². The van der Waals surface area contributed by atoms with E-state index in [0.717, 1.165) is 13.1 Å². The molecular formula is C13H20BrN. The lowest BCUT2D eigenvalue weighted by Crippen LogP contribution is -2.26. The number of rotatable bonds is 3. The zero-order valence-electron chi connectivity index (χ0n) is 10.0. The van der Waals surface area contributed by atoms with Gasteiger partial charge >= 0.3 is 0 Å². The maximum absolute atomic E-state index is 3.51. The highest BCUT2D eigenvalue weighted by molar-refractivity contribution is 9.10. The van der Waals surface area contributed by atoms with Gasteiger partial charge in [0.05, 0.1) is 0 Å². The molecule has 0 aromatic heterocycles. The van der Waals surface area contributed by atoms with Crippen LogP contribution in [0.3, 0.4) is 0 Å². The number of halogens is 1. The van der Waals surface area contributed by atoms with Crippen molar-refractivity contribution in [3.63, 3.8) is 0 Å². The number of benzene rings is 1. The van der Waals surface area contributed by atoms with Crippen LogP contribution in [-0.2, 0) is 6.54 Å². The van der Waals surface area contributed by atoms with Crippen molar-refractivity contribution in [1.82, 2.24) is 5.32 Å². The van der Waals surface area contributed by atoms with Crippen LogP contribution in [-0.4, -0.2) is 6.54 Å². The van der Waals surface area contributed by atoms with Gasteiger partial charge in [0.2, 0.25) is 0 Å². The smallest absolute Gasteiger partial charge is 0.0205 e. The van der Waals surface area contributed by atoms with E-state index in [1.807, 2.05) is 0 Å². The van der Waals surface area contributed by atoms with Crippen LogP contribution in [0.1, 0.15) is 31.9 Å². The van der Waals surface area contributed by atoms with Crippen molar-refractivity contribution in [3.05, 3.63) is 33.8 Å². The lowest BCUT2D eigenvalue weighted by Gasteiger charge is -2.18. The Morgan fingerprint density at radius 2 is 1.93 bits per heavy atom. The summed E-state index contributed by atoms with van der Waals surface area (Å²) in [6.45, 7) is 10.8. The number of nitrogens with one attached hydrogen (secondary N) is 1. The molecule has 0 spiro atoms. The molecular weight excluding hydrogens is 250 g/mol. The Hall–Kier alpha value is -0.340. The van der Waals surface area contributed by atoms with E-state index < -0.39 is 0 Å². The molecule has 0 aliphatic heterocycles. The van der Waals surface area contributed by atoms with E-state index in [-0.39, 0.29) is 0 Å². The first-order valence-electron chi connectivity index (χ1n) is 5.34. The van der Waals surface area contributed by atoms with Gasteiger partial charge < -0.3 is 5.32 Å². The summed E-state index contributed by atoms with van der Waals surface area (Å²) in [4.78, 5) is 0. The fourth-order valence-corrected chi connectivity index (χ4v) is 1.65. The van der Waals surface area contributed by atoms with Crippen molar-refractivity contribution in [2.24, 2.45) is 5.41 Å². The van der Waals surface area contributed by atoms with E-state index >= 15 is 0 Å². The first kappa shape index (κ1) is 12.7. The molecule has 0 aliphatic carbocycles. The third-order valence-corrected chi connectivity index (χ3v) is 3.10. The minimum atomic E-state index is 0.352. The van der Waals surface area contributed by atoms with Gasteiger partial charge in [-0.15, -0.1) is 0 Å². The van der Waals surface area contributed by atoms with Crippen molar-refractivity contribution in [2.75, 3.05) is 6.54 Å². The molecule has 1 rings (SSSR count). The predicted octanol–water partition coefficient (Wildman–Crippen LogP) is 3.89. The summed E-state index contributed by atoms with van der Waals surface area (Å²) in [5, 5.41) is 3.47. The van der Waals surface area contributed by atoms with Gasteiger partial charge in [0.25, 0.3) is 0 Å². The number of aryl methyl sites for hydroxylation is 1. The number of hydrogen-bond donors (Lipinski definition) is 1. The molecule has 84 valence electrons. The van der Waals surface area contributed by atoms with Gasteiger partial charge in [-0.05, 0) is 29.5 Å². The predicted molar refractivity (Wildman–Crippen MR) is 70.0 cm³/mol. The average Bonchev–Trinajstić information content (AvgIpc) is 2.09. The van der Waals surface area contributed by atoms with Crippen LogP contribution in [0.15, 0.2) is 22.7 Å². The molecule has 1 aromatic rings. The molecule has 0 bridgehead atoms. The molecule has 1 nitrogen and oxygen atoms in total. The third kappa shape index (κ3) is 4.80. The van der Waals surface area contributed by atoms with Gasteiger partial charge in [0, 0.05) is 17.6 Å². The summed E-state index contributed by atoms with van der Waals surface area (Å²) >= 11 is 3.51. The summed E-state index contributed by atoms with van der Waals surface area (Å²) in [5.74, 6) is 0. The van der Waals surface area contributed by atoms with E-state index in [4.69, 9.17) is 0 Å². The molecule has 0 aliphatic rings. The minimum absolute atomic E-state index is 0.352. The third-order valence-electron chi connectivity index (χ3n) is 2.21. The van der Waals surface area contributed by atoms with Crippen LogP contribution in [0.4, 0.5) is 0 Å². The number of hydrogen-bond acceptors (Lipinski definition) is 1. The van der Waals surface area contributed by atoms with Gasteiger partial charge in [-0.2, -0.15) is 0 Å². The van der Waals surface area contributed by atoms with E-state index in [1.54, 1.807) is 0 Å². The minimum Gasteiger partial charge on any atom is -0.312 e. The van der Waals surface area contributed by atoms with Gasteiger partial charge in [0.15, 0.2) is 0 Å². The SMILES string of the molecule is Cc1cc(CNCC(C)(C)C)ccc1Br. The molecule has 0 unspecified atom stereocenters.